The van der Waals surface area contributed by atoms with Crippen LogP contribution in [-0.4, -0.2) is 37.2 Å². The van der Waals surface area contributed by atoms with Crippen molar-refractivity contribution < 1.29 is 8.42 Å². The van der Waals surface area contributed by atoms with Gasteiger partial charge < -0.3 is 0 Å². The molecule has 0 amide bonds. The van der Waals surface area contributed by atoms with E-state index in [1.54, 1.807) is 11.3 Å². The van der Waals surface area contributed by atoms with Gasteiger partial charge in [-0.2, -0.15) is 22.3 Å². The molecule has 0 N–H and O–H groups in total. The van der Waals surface area contributed by atoms with Crippen LogP contribution in [0.5, 0.6) is 0 Å². The van der Waals surface area contributed by atoms with Gasteiger partial charge in [-0.3, -0.25) is 0 Å². The summed E-state index contributed by atoms with van der Waals surface area (Å²) in [5.41, 5.74) is 1.11. The number of nitriles is 1. The lowest BCUT2D eigenvalue weighted by molar-refractivity contribution is 0.299. The van der Waals surface area contributed by atoms with Gasteiger partial charge in [-0.1, -0.05) is 0 Å². The van der Waals surface area contributed by atoms with Gasteiger partial charge in [0.1, 0.15) is 0 Å². The van der Waals surface area contributed by atoms with E-state index in [9.17, 15) is 8.42 Å². The second-order valence-electron chi connectivity index (χ2n) is 4.57. The Balaban J connectivity index is 2.21. The van der Waals surface area contributed by atoms with Crippen molar-refractivity contribution in [2.75, 3.05) is 20.1 Å². The molecule has 0 aromatic carbocycles. The van der Waals surface area contributed by atoms with E-state index < -0.39 is 10.2 Å². The second kappa shape index (κ2) is 5.59. The van der Waals surface area contributed by atoms with Crippen molar-refractivity contribution in [2.24, 2.45) is 0 Å². The normalized spacial score (nSPS) is 20.2. The number of hydrogen-bond donors (Lipinski definition) is 0. The Kier molecular flexibility index (Phi) is 4.26. The van der Waals surface area contributed by atoms with E-state index in [0.717, 1.165) is 12.0 Å². The third-order valence-electron chi connectivity index (χ3n) is 3.45. The molecule has 2 rings (SSSR count). The van der Waals surface area contributed by atoms with E-state index in [1.807, 2.05) is 24.4 Å². The monoisotopic (exact) mass is 299 g/mol. The molecule has 0 saturated carbocycles. The molecule has 1 atom stereocenters. The van der Waals surface area contributed by atoms with Crippen molar-refractivity contribution in [1.29, 1.82) is 5.26 Å². The number of rotatable bonds is 4. The molecule has 0 aliphatic carbocycles. The van der Waals surface area contributed by atoms with Gasteiger partial charge in [0.15, 0.2) is 0 Å². The topological polar surface area (TPSA) is 64.4 Å². The van der Waals surface area contributed by atoms with Gasteiger partial charge >= 0.3 is 0 Å². The molecular formula is C12H17N3O2S2. The minimum atomic E-state index is -3.48. The molecule has 0 fully saturated rings. The largest absolute Gasteiger partial charge is 0.282 e. The van der Waals surface area contributed by atoms with Crippen molar-refractivity contribution in [3.05, 3.63) is 21.9 Å². The summed E-state index contributed by atoms with van der Waals surface area (Å²) in [4.78, 5) is 1.28. The van der Waals surface area contributed by atoms with Gasteiger partial charge in [-0.05, 0) is 30.4 Å². The number of nitrogens with zero attached hydrogens (tertiary/aromatic N) is 3. The Hall–Kier alpha value is -0.940. The van der Waals surface area contributed by atoms with Crippen LogP contribution < -0.4 is 0 Å². The van der Waals surface area contributed by atoms with E-state index >= 15 is 0 Å². The van der Waals surface area contributed by atoms with E-state index in [2.05, 4.69) is 0 Å². The van der Waals surface area contributed by atoms with Crippen LogP contribution in [0.15, 0.2) is 11.4 Å². The van der Waals surface area contributed by atoms with Crippen molar-refractivity contribution in [2.45, 2.75) is 25.8 Å². The van der Waals surface area contributed by atoms with Gasteiger partial charge in [0, 0.05) is 37.5 Å². The number of thiophene rings is 1. The molecule has 5 nitrogen and oxygen atoms in total. The molecule has 1 unspecified atom stereocenters. The summed E-state index contributed by atoms with van der Waals surface area (Å²) in [7, 11) is -1.95. The van der Waals surface area contributed by atoms with Crippen molar-refractivity contribution >= 4 is 21.5 Å². The Morgan fingerprint density at radius 3 is 3.05 bits per heavy atom. The molecule has 0 saturated heterocycles. The molecule has 1 aromatic rings. The van der Waals surface area contributed by atoms with Crippen LogP contribution in [0.3, 0.4) is 0 Å². The number of fused-ring (bicyclic) bond motifs is 1. The zero-order chi connectivity index (χ0) is 14.0. The van der Waals surface area contributed by atoms with E-state index in [0.29, 0.717) is 6.54 Å². The minimum absolute atomic E-state index is 0.135. The van der Waals surface area contributed by atoms with Gasteiger partial charge in [0.2, 0.25) is 0 Å². The molecule has 1 aromatic heterocycles. The lowest BCUT2D eigenvalue weighted by Crippen LogP contribution is -2.46. The molecule has 0 spiro atoms. The molecule has 0 bridgehead atoms. The maximum atomic E-state index is 12.5. The fraction of sp³-hybridized carbons (Fsp3) is 0.583. The first-order valence-electron chi connectivity index (χ1n) is 6.14. The quantitative estimate of drug-likeness (QED) is 0.851. The molecule has 104 valence electrons. The first kappa shape index (κ1) is 14.5. The molecule has 1 aliphatic heterocycles. The van der Waals surface area contributed by atoms with Crippen LogP contribution in [0.2, 0.25) is 0 Å². The van der Waals surface area contributed by atoms with Gasteiger partial charge in [-0.25, -0.2) is 0 Å². The zero-order valence-electron chi connectivity index (χ0n) is 11.0. The first-order valence-corrected chi connectivity index (χ1v) is 8.42. The SMILES string of the molecule is CC1c2ccsc2CCN1S(=O)(=O)N(C)CCC#N. The Bertz CT molecular complexity index is 588. The van der Waals surface area contributed by atoms with Crippen molar-refractivity contribution in [3.8, 4) is 6.07 Å². The summed E-state index contributed by atoms with van der Waals surface area (Å²) < 4.78 is 27.8. The zero-order valence-corrected chi connectivity index (χ0v) is 12.7. The van der Waals surface area contributed by atoms with Crippen molar-refractivity contribution in [1.82, 2.24) is 8.61 Å². The van der Waals surface area contributed by atoms with Crippen LogP contribution in [0.25, 0.3) is 0 Å². The summed E-state index contributed by atoms with van der Waals surface area (Å²) in [6.45, 7) is 2.66. The highest BCUT2D eigenvalue weighted by Gasteiger charge is 2.35. The minimum Gasteiger partial charge on any atom is -0.198 e. The summed E-state index contributed by atoms with van der Waals surface area (Å²) in [5, 5.41) is 10.6. The average Bonchev–Trinajstić information content (AvgIpc) is 2.85. The van der Waals surface area contributed by atoms with Crippen LogP contribution >= 0.6 is 11.3 Å². The standard InChI is InChI=1S/C12H17N3O2S2/c1-10-11-5-9-18-12(11)4-8-15(10)19(16,17)14(2)7-3-6-13/h5,9-10H,3-4,7-8H2,1-2H3. The summed E-state index contributed by atoms with van der Waals surface area (Å²) >= 11 is 1.69. The molecule has 19 heavy (non-hydrogen) atoms. The highest BCUT2D eigenvalue weighted by Crippen LogP contribution is 2.34. The smallest absolute Gasteiger partial charge is 0.198 e. The fourth-order valence-corrected chi connectivity index (χ4v) is 4.78. The molecule has 1 aliphatic rings. The summed E-state index contributed by atoms with van der Waals surface area (Å²) in [6, 6.07) is 3.84. The first-order chi connectivity index (χ1) is 8.98. The number of hydrogen-bond acceptors (Lipinski definition) is 4. The average molecular weight is 299 g/mol. The van der Waals surface area contributed by atoms with E-state index in [1.165, 1.54) is 20.5 Å². The molecule has 7 heteroatoms. The van der Waals surface area contributed by atoms with Crippen LogP contribution in [0, 0.1) is 11.3 Å². The maximum absolute atomic E-state index is 12.5. The van der Waals surface area contributed by atoms with Gasteiger partial charge in [-0.15, -0.1) is 11.3 Å². The molecule has 2 heterocycles. The Morgan fingerprint density at radius 1 is 1.63 bits per heavy atom. The lowest BCUT2D eigenvalue weighted by atomic mass is 10.0. The predicted molar refractivity (Wildman–Crippen MR) is 74.9 cm³/mol. The fourth-order valence-electron chi connectivity index (χ4n) is 2.30. The highest BCUT2D eigenvalue weighted by atomic mass is 32.2. The van der Waals surface area contributed by atoms with Gasteiger partial charge in [0.25, 0.3) is 10.2 Å². The van der Waals surface area contributed by atoms with Crippen molar-refractivity contribution in [3.63, 3.8) is 0 Å². The third-order valence-corrected chi connectivity index (χ3v) is 6.51. The Morgan fingerprint density at radius 2 is 2.37 bits per heavy atom. The second-order valence-corrected chi connectivity index (χ2v) is 7.56. The van der Waals surface area contributed by atoms with Crippen LogP contribution in [0.1, 0.15) is 29.8 Å². The van der Waals surface area contributed by atoms with Crippen LogP contribution in [0.4, 0.5) is 0 Å². The van der Waals surface area contributed by atoms with Gasteiger partial charge in [0.05, 0.1) is 6.07 Å². The maximum Gasteiger partial charge on any atom is 0.282 e. The highest BCUT2D eigenvalue weighted by molar-refractivity contribution is 7.86. The predicted octanol–water partition coefficient (Wildman–Crippen LogP) is 1.76. The third kappa shape index (κ3) is 2.67. The van der Waals surface area contributed by atoms with Crippen LogP contribution in [-0.2, 0) is 16.6 Å². The summed E-state index contributed by atoms with van der Waals surface area (Å²) in [5.74, 6) is 0. The summed E-state index contributed by atoms with van der Waals surface area (Å²) in [6.07, 6.45) is 0.977. The lowest BCUT2D eigenvalue weighted by Gasteiger charge is -2.35. The molecule has 0 radical (unpaired) electrons. The molecular weight excluding hydrogens is 282 g/mol. The van der Waals surface area contributed by atoms with E-state index in [4.69, 9.17) is 5.26 Å². The van der Waals surface area contributed by atoms with E-state index in [-0.39, 0.29) is 19.0 Å². The Labute approximate surface area is 118 Å².